The number of hydrogen-bond donors (Lipinski definition) is 0. The summed E-state index contributed by atoms with van der Waals surface area (Å²) in [6.07, 6.45) is 0. The minimum absolute atomic E-state index is 0.882. The van der Waals surface area contributed by atoms with Crippen LogP contribution in [0.1, 0.15) is 0 Å². The average Bonchev–Trinajstić information content (AvgIpc) is 3.80. The Bertz CT molecular complexity index is 3160. The van der Waals surface area contributed by atoms with Crippen molar-refractivity contribution in [3.63, 3.8) is 0 Å². The van der Waals surface area contributed by atoms with Crippen LogP contribution in [0.3, 0.4) is 0 Å². The second-order valence-electron chi connectivity index (χ2n) is 14.2. The zero-order chi connectivity index (χ0) is 36.3. The van der Waals surface area contributed by atoms with Crippen LogP contribution in [0.15, 0.2) is 211 Å². The Morgan fingerprint density at radius 1 is 0.345 bits per heavy atom. The van der Waals surface area contributed by atoms with Crippen molar-refractivity contribution in [3.8, 4) is 27.9 Å². The van der Waals surface area contributed by atoms with Gasteiger partial charge in [-0.05, 0) is 106 Å². The molecule has 2 aromatic heterocycles. The van der Waals surface area contributed by atoms with E-state index in [1.165, 1.54) is 49.3 Å². The van der Waals surface area contributed by atoms with Gasteiger partial charge in [-0.25, -0.2) is 0 Å². The van der Waals surface area contributed by atoms with Crippen LogP contribution in [0.4, 0.5) is 17.1 Å². The maximum atomic E-state index is 6.24. The molecule has 0 fully saturated rings. The minimum Gasteiger partial charge on any atom is -0.456 e. The van der Waals surface area contributed by atoms with Gasteiger partial charge in [-0.2, -0.15) is 0 Å². The molecule has 0 atom stereocenters. The third-order valence-corrected chi connectivity index (χ3v) is 11.0. The first-order valence-corrected chi connectivity index (χ1v) is 18.8. The number of nitrogens with zero attached hydrogens (tertiary/aromatic N) is 2. The van der Waals surface area contributed by atoms with Crippen molar-refractivity contribution in [1.82, 2.24) is 4.57 Å². The molecular weight excluding hydrogens is 669 g/mol. The highest BCUT2D eigenvalue weighted by Gasteiger charge is 2.18. The maximum absolute atomic E-state index is 6.24. The molecule has 11 aromatic rings. The quantitative estimate of drug-likeness (QED) is 0.172. The Kier molecular flexibility index (Phi) is 7.17. The molecule has 3 heteroatoms. The predicted molar refractivity (Wildman–Crippen MR) is 231 cm³/mol. The van der Waals surface area contributed by atoms with E-state index in [1.807, 2.05) is 12.1 Å². The van der Waals surface area contributed by atoms with Gasteiger partial charge in [0, 0.05) is 44.3 Å². The second-order valence-corrected chi connectivity index (χ2v) is 14.2. The van der Waals surface area contributed by atoms with Gasteiger partial charge < -0.3 is 13.9 Å². The van der Waals surface area contributed by atoms with Crippen molar-refractivity contribution in [2.24, 2.45) is 0 Å². The molecule has 3 nitrogen and oxygen atoms in total. The zero-order valence-electron chi connectivity index (χ0n) is 29.9. The lowest BCUT2D eigenvalue weighted by Gasteiger charge is -2.26. The molecule has 0 aliphatic rings. The highest BCUT2D eigenvalue weighted by molar-refractivity contribution is 6.09. The van der Waals surface area contributed by atoms with E-state index < -0.39 is 0 Å². The Morgan fingerprint density at radius 3 is 1.76 bits per heavy atom. The van der Waals surface area contributed by atoms with Crippen LogP contribution in [0, 0.1) is 0 Å². The highest BCUT2D eigenvalue weighted by Crippen LogP contribution is 2.41. The Balaban J connectivity index is 1.03. The molecule has 2 heterocycles. The van der Waals surface area contributed by atoms with Crippen LogP contribution in [0.5, 0.6) is 0 Å². The number of anilines is 3. The topological polar surface area (TPSA) is 21.3 Å². The molecule has 0 aliphatic heterocycles. The fourth-order valence-electron chi connectivity index (χ4n) is 8.42. The smallest absolute Gasteiger partial charge is 0.135 e. The van der Waals surface area contributed by atoms with Gasteiger partial charge in [-0.1, -0.05) is 133 Å². The van der Waals surface area contributed by atoms with Crippen molar-refractivity contribution in [2.45, 2.75) is 0 Å². The van der Waals surface area contributed by atoms with E-state index in [0.29, 0.717) is 0 Å². The predicted octanol–water partition coefficient (Wildman–Crippen LogP) is 14.6. The number of fused-ring (bicyclic) bond motifs is 7. The molecule has 258 valence electrons. The lowest BCUT2D eigenvalue weighted by molar-refractivity contribution is 0.669. The van der Waals surface area contributed by atoms with E-state index in [9.17, 15) is 0 Å². The van der Waals surface area contributed by atoms with E-state index in [4.69, 9.17) is 4.42 Å². The van der Waals surface area contributed by atoms with Crippen molar-refractivity contribution < 1.29 is 4.42 Å². The standard InChI is InChI=1S/C52H34N2O/c1-2-18-43-36(12-1)13-11-22-44(43)38-15-10-16-40(33-38)53(42-30-31-52-48(34-42)47-21-5-8-25-51(47)55-52)39-28-26-35(27-29-39)37-14-9-17-41(32-37)54-49-23-6-3-19-45(49)46-20-4-7-24-50(46)54/h1-34H. The molecule has 0 radical (unpaired) electrons. The average molecular weight is 703 g/mol. The van der Waals surface area contributed by atoms with Crippen molar-refractivity contribution in [3.05, 3.63) is 206 Å². The van der Waals surface area contributed by atoms with Gasteiger partial charge in [0.1, 0.15) is 11.2 Å². The van der Waals surface area contributed by atoms with E-state index in [-0.39, 0.29) is 0 Å². The van der Waals surface area contributed by atoms with Gasteiger partial charge in [0.15, 0.2) is 0 Å². The van der Waals surface area contributed by atoms with Crippen LogP contribution in [0.2, 0.25) is 0 Å². The first-order valence-electron chi connectivity index (χ1n) is 18.8. The number of aromatic nitrogens is 1. The molecule has 0 N–H and O–H groups in total. The summed E-state index contributed by atoms with van der Waals surface area (Å²) in [5.41, 5.74) is 13.3. The number of para-hydroxylation sites is 3. The van der Waals surface area contributed by atoms with Gasteiger partial charge >= 0.3 is 0 Å². The van der Waals surface area contributed by atoms with Crippen LogP contribution in [-0.2, 0) is 0 Å². The molecule has 0 saturated carbocycles. The molecule has 0 bridgehead atoms. The molecule has 0 unspecified atom stereocenters. The number of benzene rings is 9. The fraction of sp³-hybridized carbons (Fsp3) is 0. The molecule has 11 rings (SSSR count). The first-order chi connectivity index (χ1) is 27.3. The summed E-state index contributed by atoms with van der Waals surface area (Å²) >= 11 is 0. The second kappa shape index (κ2) is 12.6. The third-order valence-electron chi connectivity index (χ3n) is 11.0. The minimum atomic E-state index is 0.882. The van der Waals surface area contributed by atoms with Crippen LogP contribution in [-0.4, -0.2) is 4.57 Å². The van der Waals surface area contributed by atoms with Gasteiger partial charge in [0.2, 0.25) is 0 Å². The summed E-state index contributed by atoms with van der Waals surface area (Å²) < 4.78 is 8.62. The van der Waals surface area contributed by atoms with Crippen molar-refractivity contribution in [2.75, 3.05) is 4.90 Å². The Hall–Kier alpha value is -7.36. The van der Waals surface area contributed by atoms with E-state index in [1.54, 1.807) is 0 Å². The monoisotopic (exact) mass is 702 g/mol. The molecule has 0 saturated heterocycles. The summed E-state index contributed by atoms with van der Waals surface area (Å²) in [5.74, 6) is 0. The van der Waals surface area contributed by atoms with Gasteiger partial charge in [-0.3, -0.25) is 0 Å². The van der Waals surface area contributed by atoms with Gasteiger partial charge in [0.05, 0.1) is 11.0 Å². The molecule has 0 spiro atoms. The summed E-state index contributed by atoms with van der Waals surface area (Å²) in [4.78, 5) is 2.36. The number of rotatable bonds is 6. The lowest BCUT2D eigenvalue weighted by atomic mass is 9.97. The van der Waals surface area contributed by atoms with Crippen molar-refractivity contribution >= 4 is 71.6 Å². The first kappa shape index (κ1) is 31.2. The molecule has 0 aliphatic carbocycles. The summed E-state index contributed by atoms with van der Waals surface area (Å²) in [5, 5.41) is 7.21. The van der Waals surface area contributed by atoms with Crippen LogP contribution >= 0.6 is 0 Å². The summed E-state index contributed by atoms with van der Waals surface area (Å²) in [6.45, 7) is 0. The van der Waals surface area contributed by atoms with E-state index >= 15 is 0 Å². The van der Waals surface area contributed by atoms with Crippen LogP contribution < -0.4 is 4.90 Å². The summed E-state index contributed by atoms with van der Waals surface area (Å²) in [6, 6.07) is 74.0. The number of furan rings is 1. The van der Waals surface area contributed by atoms with Gasteiger partial charge in [-0.15, -0.1) is 0 Å². The molecule has 9 aromatic carbocycles. The molecule has 55 heavy (non-hydrogen) atoms. The SMILES string of the molecule is c1cc(-c2cccc3ccccc23)cc(N(c2ccc(-c3cccc(-n4c5ccccc5c5ccccc54)c3)cc2)c2ccc3oc4ccccc4c3c2)c1. The van der Waals surface area contributed by atoms with Crippen LogP contribution in [0.25, 0.3) is 82.5 Å². The fourth-order valence-corrected chi connectivity index (χ4v) is 8.42. The third kappa shape index (κ3) is 5.20. The molecular formula is C52H34N2O. The maximum Gasteiger partial charge on any atom is 0.135 e. The van der Waals surface area contributed by atoms with E-state index in [0.717, 1.165) is 50.3 Å². The zero-order valence-corrected chi connectivity index (χ0v) is 29.9. The Morgan fingerprint density at radius 2 is 0.945 bits per heavy atom. The Labute approximate surface area is 318 Å². The lowest BCUT2D eigenvalue weighted by Crippen LogP contribution is -2.10. The number of hydrogen-bond acceptors (Lipinski definition) is 2. The normalized spacial score (nSPS) is 11.6. The molecule has 0 amide bonds. The highest BCUT2D eigenvalue weighted by atomic mass is 16.3. The van der Waals surface area contributed by atoms with Gasteiger partial charge in [0.25, 0.3) is 0 Å². The summed E-state index contributed by atoms with van der Waals surface area (Å²) in [7, 11) is 0. The largest absolute Gasteiger partial charge is 0.456 e. The van der Waals surface area contributed by atoms with Crippen molar-refractivity contribution in [1.29, 1.82) is 0 Å². The van der Waals surface area contributed by atoms with E-state index in [2.05, 4.69) is 204 Å².